The number of pyridine rings is 2. The summed E-state index contributed by atoms with van der Waals surface area (Å²) < 4.78 is 1.03. The van der Waals surface area contributed by atoms with Crippen molar-refractivity contribution in [2.24, 2.45) is 0 Å². The van der Waals surface area contributed by atoms with Crippen LogP contribution in [0, 0.1) is 0 Å². The van der Waals surface area contributed by atoms with Crippen molar-refractivity contribution < 1.29 is 0 Å². The number of nitrogens with zero attached hydrogens (tertiary/aromatic N) is 4. The first-order valence-corrected chi connectivity index (χ1v) is 9.90. The van der Waals surface area contributed by atoms with Crippen molar-refractivity contribution in [1.82, 2.24) is 30.1 Å². The summed E-state index contributed by atoms with van der Waals surface area (Å²) in [5.74, 6) is 0.758. The minimum Gasteiger partial charge on any atom is -0.337 e. The van der Waals surface area contributed by atoms with E-state index in [1.54, 1.807) is 18.6 Å². The Labute approximate surface area is 173 Å². The predicted molar refractivity (Wildman–Crippen MR) is 117 cm³/mol. The van der Waals surface area contributed by atoms with Gasteiger partial charge in [0.05, 0.1) is 39.5 Å². The maximum atomic E-state index is 4.94. The van der Waals surface area contributed by atoms with Crippen LogP contribution in [0.2, 0.25) is 0 Å². The van der Waals surface area contributed by atoms with Gasteiger partial charge in [0, 0.05) is 33.2 Å². The predicted octanol–water partition coefficient (Wildman–Crippen LogP) is 5.48. The van der Waals surface area contributed by atoms with Gasteiger partial charge in [-0.05, 0) is 36.4 Å². The van der Waals surface area contributed by atoms with E-state index >= 15 is 0 Å². The molecule has 0 bridgehead atoms. The Morgan fingerprint density at radius 3 is 2.31 bits per heavy atom. The van der Waals surface area contributed by atoms with E-state index in [-0.39, 0.29) is 0 Å². The molecule has 0 aliphatic heterocycles. The highest BCUT2D eigenvalue weighted by molar-refractivity contribution is 9.10. The van der Waals surface area contributed by atoms with Crippen molar-refractivity contribution in [3.8, 4) is 22.6 Å². The number of aromatic nitrogens is 6. The number of aromatic amines is 2. The van der Waals surface area contributed by atoms with Crippen LogP contribution in [0.3, 0.4) is 0 Å². The zero-order valence-electron chi connectivity index (χ0n) is 15.0. The van der Waals surface area contributed by atoms with Crippen LogP contribution in [0.4, 0.5) is 0 Å². The lowest BCUT2D eigenvalue weighted by Crippen LogP contribution is -1.86. The third-order valence-electron chi connectivity index (χ3n) is 5.10. The fraction of sp³-hybridized carbons (Fsp3) is 0. The SMILES string of the molecule is Brc1ccc(-c2[nH]ncc2-c2nc3c4cccnc4c4ncccc4c3[nH]2)cc1. The summed E-state index contributed by atoms with van der Waals surface area (Å²) >= 11 is 3.49. The molecule has 4 aromatic heterocycles. The minimum atomic E-state index is 0.758. The van der Waals surface area contributed by atoms with Crippen LogP contribution in [-0.4, -0.2) is 30.1 Å². The van der Waals surface area contributed by atoms with Gasteiger partial charge in [-0.25, -0.2) is 4.98 Å². The van der Waals surface area contributed by atoms with Crippen LogP contribution >= 0.6 is 15.9 Å². The first-order chi connectivity index (χ1) is 14.3. The van der Waals surface area contributed by atoms with E-state index in [1.165, 1.54) is 0 Å². The molecule has 138 valence electrons. The third-order valence-corrected chi connectivity index (χ3v) is 5.62. The molecule has 6 rings (SSSR count). The lowest BCUT2D eigenvalue weighted by atomic mass is 10.1. The van der Waals surface area contributed by atoms with Crippen molar-refractivity contribution in [1.29, 1.82) is 0 Å². The molecule has 0 amide bonds. The van der Waals surface area contributed by atoms with Gasteiger partial charge in [0.15, 0.2) is 0 Å². The molecule has 0 aliphatic carbocycles. The summed E-state index contributed by atoms with van der Waals surface area (Å²) in [5, 5.41) is 9.36. The zero-order chi connectivity index (χ0) is 19.4. The highest BCUT2D eigenvalue weighted by atomic mass is 79.9. The van der Waals surface area contributed by atoms with Crippen molar-refractivity contribution in [2.45, 2.75) is 0 Å². The first-order valence-electron chi connectivity index (χ1n) is 9.10. The number of imidazole rings is 1. The Bertz CT molecular complexity index is 1440. The highest BCUT2D eigenvalue weighted by Gasteiger charge is 2.18. The summed E-state index contributed by atoms with van der Waals surface area (Å²) in [4.78, 5) is 17.6. The lowest BCUT2D eigenvalue weighted by molar-refractivity contribution is 1.10. The number of rotatable bonds is 2. The number of hydrogen-bond acceptors (Lipinski definition) is 4. The summed E-state index contributed by atoms with van der Waals surface area (Å²) in [6.45, 7) is 0. The molecule has 2 aromatic carbocycles. The van der Waals surface area contributed by atoms with Gasteiger partial charge in [0.25, 0.3) is 0 Å². The van der Waals surface area contributed by atoms with E-state index < -0.39 is 0 Å². The number of benzene rings is 2. The van der Waals surface area contributed by atoms with Gasteiger partial charge in [-0.1, -0.05) is 28.1 Å². The van der Waals surface area contributed by atoms with Crippen LogP contribution in [0.15, 0.2) is 71.6 Å². The number of H-pyrrole nitrogens is 2. The van der Waals surface area contributed by atoms with E-state index in [4.69, 9.17) is 4.98 Å². The van der Waals surface area contributed by atoms with Gasteiger partial charge in [-0.15, -0.1) is 0 Å². The van der Waals surface area contributed by atoms with Gasteiger partial charge in [-0.3, -0.25) is 15.1 Å². The molecule has 29 heavy (non-hydrogen) atoms. The molecule has 0 aliphatic rings. The Morgan fingerprint density at radius 2 is 1.52 bits per heavy atom. The quantitative estimate of drug-likeness (QED) is 0.349. The number of hydrogen-bond donors (Lipinski definition) is 2. The fourth-order valence-electron chi connectivity index (χ4n) is 3.77. The maximum absolute atomic E-state index is 4.94. The van der Waals surface area contributed by atoms with Crippen LogP contribution in [0.5, 0.6) is 0 Å². The second kappa shape index (κ2) is 6.22. The maximum Gasteiger partial charge on any atom is 0.142 e. The van der Waals surface area contributed by atoms with Gasteiger partial charge in [-0.2, -0.15) is 5.10 Å². The second-order valence-corrected chi connectivity index (χ2v) is 7.69. The molecule has 0 atom stereocenters. The van der Waals surface area contributed by atoms with Crippen LogP contribution < -0.4 is 0 Å². The fourth-order valence-corrected chi connectivity index (χ4v) is 4.04. The Hall–Kier alpha value is -3.58. The van der Waals surface area contributed by atoms with Gasteiger partial charge in [0.2, 0.25) is 0 Å². The van der Waals surface area contributed by atoms with Gasteiger partial charge < -0.3 is 4.98 Å². The summed E-state index contributed by atoms with van der Waals surface area (Å²) in [6, 6.07) is 16.1. The molecule has 0 radical (unpaired) electrons. The largest absolute Gasteiger partial charge is 0.337 e. The van der Waals surface area contributed by atoms with Gasteiger partial charge in [0.1, 0.15) is 5.82 Å². The van der Waals surface area contributed by atoms with E-state index in [0.29, 0.717) is 0 Å². The van der Waals surface area contributed by atoms with Crippen molar-refractivity contribution in [2.75, 3.05) is 0 Å². The molecule has 0 saturated heterocycles. The molecule has 0 spiro atoms. The van der Waals surface area contributed by atoms with Crippen LogP contribution in [-0.2, 0) is 0 Å². The van der Waals surface area contributed by atoms with E-state index in [0.717, 1.165) is 60.0 Å². The molecule has 6 aromatic rings. The monoisotopic (exact) mass is 440 g/mol. The normalized spacial score (nSPS) is 11.6. The average Bonchev–Trinajstić information content (AvgIpc) is 3.42. The standard InChI is InChI=1S/C22H13BrN6/c23-13-7-5-12(6-8-13)17-16(11-26-29-17)22-27-20-14-3-1-9-24-18(14)19-15(21(20)28-22)4-2-10-25-19/h1-11H,(H,26,29)(H,27,28). The lowest BCUT2D eigenvalue weighted by Gasteiger charge is -2.03. The molecular weight excluding hydrogens is 428 g/mol. The minimum absolute atomic E-state index is 0.758. The van der Waals surface area contributed by atoms with Crippen molar-refractivity contribution >= 4 is 48.8 Å². The molecule has 0 saturated carbocycles. The van der Waals surface area contributed by atoms with Crippen molar-refractivity contribution in [3.05, 3.63) is 71.6 Å². The molecule has 6 nitrogen and oxygen atoms in total. The third kappa shape index (κ3) is 2.48. The Kier molecular flexibility index (Phi) is 3.51. The topological polar surface area (TPSA) is 83.1 Å². The Balaban J connectivity index is 1.66. The average molecular weight is 441 g/mol. The van der Waals surface area contributed by atoms with Crippen LogP contribution in [0.1, 0.15) is 0 Å². The van der Waals surface area contributed by atoms with E-state index in [9.17, 15) is 0 Å². The second-order valence-electron chi connectivity index (χ2n) is 6.77. The summed E-state index contributed by atoms with van der Waals surface area (Å²) in [6.07, 6.45) is 5.38. The van der Waals surface area contributed by atoms with Crippen molar-refractivity contribution in [3.63, 3.8) is 0 Å². The number of fused-ring (bicyclic) bond motifs is 6. The smallest absolute Gasteiger partial charge is 0.142 e. The summed E-state index contributed by atoms with van der Waals surface area (Å²) in [7, 11) is 0. The summed E-state index contributed by atoms with van der Waals surface area (Å²) in [5.41, 5.74) is 6.43. The molecule has 2 N–H and O–H groups in total. The van der Waals surface area contributed by atoms with E-state index in [1.807, 2.05) is 48.5 Å². The molecule has 0 unspecified atom stereocenters. The Morgan fingerprint density at radius 1 is 0.793 bits per heavy atom. The molecular formula is C22H13BrN6. The number of halogens is 1. The van der Waals surface area contributed by atoms with Gasteiger partial charge >= 0.3 is 0 Å². The molecule has 0 fully saturated rings. The molecule has 7 heteroatoms. The van der Waals surface area contributed by atoms with E-state index in [2.05, 4.69) is 41.1 Å². The highest BCUT2D eigenvalue weighted by Crippen LogP contribution is 2.35. The zero-order valence-corrected chi connectivity index (χ0v) is 16.6. The number of nitrogens with one attached hydrogen (secondary N) is 2. The molecule has 4 heterocycles. The first kappa shape index (κ1) is 16.4. The van der Waals surface area contributed by atoms with Crippen LogP contribution in [0.25, 0.3) is 55.5 Å².